The highest BCUT2D eigenvalue weighted by atomic mass is 16.3. The Morgan fingerprint density at radius 2 is 1.79 bits per heavy atom. The van der Waals surface area contributed by atoms with Gasteiger partial charge in [-0.2, -0.15) is 0 Å². The van der Waals surface area contributed by atoms with Crippen LogP contribution in [0.1, 0.15) is 45.7 Å². The Labute approximate surface area is 137 Å². The maximum absolute atomic E-state index is 12.3. The van der Waals surface area contributed by atoms with E-state index in [2.05, 4.69) is 4.98 Å². The molecule has 0 spiro atoms. The van der Waals surface area contributed by atoms with Crippen LogP contribution in [0.4, 0.5) is 5.69 Å². The van der Waals surface area contributed by atoms with Crippen molar-refractivity contribution in [3.05, 3.63) is 44.6 Å². The molecule has 0 aromatic heterocycles. The van der Waals surface area contributed by atoms with E-state index in [1.807, 2.05) is 6.92 Å². The lowest BCUT2D eigenvalue weighted by molar-refractivity contribution is 0.101. The van der Waals surface area contributed by atoms with Crippen molar-refractivity contribution < 1.29 is 14.0 Å². The predicted molar refractivity (Wildman–Crippen MR) is 90.8 cm³/mol. The highest BCUT2D eigenvalue weighted by molar-refractivity contribution is 6.08. The molecule has 0 amide bonds. The van der Waals surface area contributed by atoms with Gasteiger partial charge in [0.2, 0.25) is 5.43 Å². The zero-order chi connectivity index (χ0) is 17.8. The molecule has 0 radical (unpaired) electrons. The molecule has 1 heterocycles. The molecule has 3 rings (SSSR count). The molecule has 0 bridgehead atoms. The first kappa shape index (κ1) is 15.9. The summed E-state index contributed by atoms with van der Waals surface area (Å²) in [6.07, 6.45) is 0. The van der Waals surface area contributed by atoms with Crippen LogP contribution < -0.4 is 11.2 Å². The number of carbonyl (C=O) groups excluding carboxylic acids is 2. The van der Waals surface area contributed by atoms with Crippen molar-refractivity contribution in [2.75, 3.05) is 5.73 Å². The summed E-state index contributed by atoms with van der Waals surface area (Å²) >= 11 is 0. The summed E-state index contributed by atoms with van der Waals surface area (Å²) in [7, 11) is 0. The number of Topliss-reactive ketones (excluding diaryl/α,β-unsaturated/α-hetero) is 2. The van der Waals surface area contributed by atoms with E-state index in [4.69, 9.17) is 10.2 Å². The Bertz CT molecular complexity index is 1060. The summed E-state index contributed by atoms with van der Waals surface area (Å²) in [5.41, 5.74) is 7.70. The van der Waals surface area contributed by atoms with Gasteiger partial charge in [-0.15, -0.1) is 0 Å². The molecular formula is C18H16N2O4. The van der Waals surface area contributed by atoms with Crippen LogP contribution in [0.25, 0.3) is 22.6 Å². The van der Waals surface area contributed by atoms with E-state index in [1.165, 1.54) is 13.8 Å². The molecule has 24 heavy (non-hydrogen) atoms. The normalized spacial score (nSPS) is 11.2. The molecule has 2 N–H and O–H groups in total. The van der Waals surface area contributed by atoms with Gasteiger partial charge in [0.25, 0.3) is 0 Å². The molecule has 0 saturated carbocycles. The number of aromatic nitrogens is 1. The monoisotopic (exact) mass is 324 g/mol. The zero-order valence-electron chi connectivity index (χ0n) is 13.8. The smallest absolute Gasteiger partial charge is 0.208 e. The van der Waals surface area contributed by atoms with Crippen LogP contribution in [0.2, 0.25) is 0 Å². The third-order valence-corrected chi connectivity index (χ3v) is 4.13. The molecule has 1 aromatic rings. The summed E-state index contributed by atoms with van der Waals surface area (Å²) in [6.45, 7) is 6.14. The van der Waals surface area contributed by atoms with Crippen LogP contribution in [-0.2, 0) is 0 Å². The number of hydrogen-bond acceptors (Lipinski definition) is 6. The summed E-state index contributed by atoms with van der Waals surface area (Å²) in [6, 6.07) is 3.42. The fourth-order valence-electron chi connectivity index (χ4n) is 2.84. The summed E-state index contributed by atoms with van der Waals surface area (Å²) in [5.74, 6) is -0.332. The lowest BCUT2D eigenvalue weighted by Crippen LogP contribution is -2.19. The minimum atomic E-state index is -0.446. The molecule has 6 nitrogen and oxygen atoms in total. The molecular weight excluding hydrogens is 308 g/mol. The molecule has 6 heteroatoms. The number of fused-ring (bicyclic) bond motifs is 2. The van der Waals surface area contributed by atoms with E-state index in [9.17, 15) is 14.4 Å². The number of aryl methyl sites for hydroxylation is 1. The van der Waals surface area contributed by atoms with Gasteiger partial charge in [-0.05, 0) is 39.3 Å². The van der Waals surface area contributed by atoms with E-state index in [-0.39, 0.29) is 39.8 Å². The molecule has 0 saturated heterocycles. The van der Waals surface area contributed by atoms with Crippen molar-refractivity contribution in [1.82, 2.24) is 4.98 Å². The van der Waals surface area contributed by atoms with Gasteiger partial charge in [0, 0.05) is 11.1 Å². The maximum Gasteiger partial charge on any atom is 0.208 e. The molecule has 1 aromatic carbocycles. The first-order valence-electron chi connectivity index (χ1n) is 7.42. The van der Waals surface area contributed by atoms with E-state index < -0.39 is 5.43 Å². The minimum Gasteiger partial charge on any atom is -0.452 e. The Hall–Kier alpha value is -3.02. The van der Waals surface area contributed by atoms with Crippen LogP contribution >= 0.6 is 0 Å². The number of ketones is 2. The fraction of sp³-hybridized carbons (Fsp3) is 0.222. The molecule has 0 fully saturated rings. The van der Waals surface area contributed by atoms with Crippen LogP contribution in [-0.4, -0.2) is 16.6 Å². The van der Waals surface area contributed by atoms with Gasteiger partial charge in [0.15, 0.2) is 22.9 Å². The largest absolute Gasteiger partial charge is 0.452 e. The number of nitrogens with zero attached hydrogens (tertiary/aromatic N) is 1. The Kier molecular flexibility index (Phi) is 3.48. The minimum absolute atomic E-state index is 0.0299. The topological polar surface area (TPSA) is 103 Å². The number of nitrogens with two attached hydrogens (primary N) is 1. The van der Waals surface area contributed by atoms with Gasteiger partial charge in [-0.25, -0.2) is 4.98 Å². The van der Waals surface area contributed by atoms with E-state index in [0.29, 0.717) is 16.7 Å². The second kappa shape index (κ2) is 5.26. The Morgan fingerprint density at radius 1 is 1.12 bits per heavy atom. The standard InChI is InChI=1S/C18H16N2O4/c1-7-5-6-11(9(3)21)14-17(7)24-18-8(2)16(23)13(19)12(10(4)22)15(18)20-14/h5-6H,19H2,1-4H3. The van der Waals surface area contributed by atoms with Crippen LogP contribution in [0.5, 0.6) is 0 Å². The summed E-state index contributed by atoms with van der Waals surface area (Å²) < 4.78 is 5.90. The SMILES string of the molecule is CC(=O)c1c2nc3c(C(C)=O)ccc(C)c3oc-2c(C)c(=O)c1N. The lowest BCUT2D eigenvalue weighted by atomic mass is 9.98. The zero-order valence-corrected chi connectivity index (χ0v) is 13.8. The molecule has 0 unspecified atom stereocenters. The van der Waals surface area contributed by atoms with Crippen molar-refractivity contribution in [3.8, 4) is 11.5 Å². The number of nitrogen functional groups attached to an aromatic ring is 1. The van der Waals surface area contributed by atoms with Crippen LogP contribution in [0, 0.1) is 13.8 Å². The van der Waals surface area contributed by atoms with Gasteiger partial charge in [-0.1, -0.05) is 6.07 Å². The Morgan fingerprint density at radius 3 is 2.38 bits per heavy atom. The first-order chi connectivity index (χ1) is 11.2. The molecule has 1 aliphatic heterocycles. The third-order valence-electron chi connectivity index (χ3n) is 4.13. The molecule has 122 valence electrons. The van der Waals surface area contributed by atoms with Gasteiger partial charge >= 0.3 is 0 Å². The van der Waals surface area contributed by atoms with Crippen molar-refractivity contribution in [2.45, 2.75) is 27.7 Å². The molecule has 2 aliphatic rings. The molecule has 1 aliphatic carbocycles. The quantitative estimate of drug-likeness (QED) is 0.441. The fourth-order valence-corrected chi connectivity index (χ4v) is 2.84. The van der Waals surface area contributed by atoms with Crippen LogP contribution in [0.3, 0.4) is 0 Å². The second-order valence-corrected chi connectivity index (χ2v) is 5.85. The van der Waals surface area contributed by atoms with Gasteiger partial charge in [0.1, 0.15) is 11.2 Å². The maximum atomic E-state index is 12.3. The second-order valence-electron chi connectivity index (χ2n) is 5.85. The number of benzene rings is 2. The Balaban J connectivity index is 2.64. The van der Waals surface area contributed by atoms with E-state index >= 15 is 0 Å². The highest BCUT2D eigenvalue weighted by Gasteiger charge is 2.26. The van der Waals surface area contributed by atoms with Gasteiger partial charge in [-0.3, -0.25) is 14.4 Å². The predicted octanol–water partition coefficient (Wildman–Crippen LogP) is 2.90. The molecule has 0 atom stereocenters. The average molecular weight is 324 g/mol. The lowest BCUT2D eigenvalue weighted by Gasteiger charge is -2.15. The van der Waals surface area contributed by atoms with Crippen molar-refractivity contribution in [3.63, 3.8) is 0 Å². The van der Waals surface area contributed by atoms with E-state index in [0.717, 1.165) is 5.56 Å². The number of carbonyl (C=O) groups is 2. The van der Waals surface area contributed by atoms with Crippen molar-refractivity contribution in [2.24, 2.45) is 0 Å². The number of anilines is 1. The summed E-state index contributed by atoms with van der Waals surface area (Å²) in [5, 5.41) is 0. The average Bonchev–Trinajstić information content (AvgIpc) is 2.51. The third kappa shape index (κ3) is 2.11. The van der Waals surface area contributed by atoms with Gasteiger partial charge in [0.05, 0.1) is 11.3 Å². The number of rotatable bonds is 2. The van der Waals surface area contributed by atoms with Crippen molar-refractivity contribution >= 4 is 28.4 Å². The van der Waals surface area contributed by atoms with E-state index in [1.54, 1.807) is 19.1 Å². The summed E-state index contributed by atoms with van der Waals surface area (Å²) in [4.78, 5) is 40.7. The highest BCUT2D eigenvalue weighted by Crippen LogP contribution is 2.34. The number of hydrogen-bond donors (Lipinski definition) is 1. The first-order valence-corrected chi connectivity index (χ1v) is 7.42. The van der Waals surface area contributed by atoms with Gasteiger partial charge < -0.3 is 10.2 Å². The van der Waals surface area contributed by atoms with Crippen molar-refractivity contribution in [1.29, 1.82) is 0 Å². The van der Waals surface area contributed by atoms with Crippen LogP contribution in [0.15, 0.2) is 21.3 Å².